The van der Waals surface area contributed by atoms with Crippen molar-refractivity contribution in [3.8, 4) is 0 Å². The number of hydrogen-bond donors (Lipinski definition) is 2. The first-order chi connectivity index (χ1) is 10.2. The summed E-state index contributed by atoms with van der Waals surface area (Å²) in [5.74, 6) is -0.697. The third-order valence-electron chi connectivity index (χ3n) is 4.07. The lowest BCUT2D eigenvalue weighted by molar-refractivity contribution is 0.132. The number of benzene rings is 1. The van der Waals surface area contributed by atoms with Crippen molar-refractivity contribution in [3.05, 3.63) is 27.3 Å². The van der Waals surface area contributed by atoms with E-state index in [0.29, 0.717) is 26.1 Å². The molecule has 3 N–H and O–H groups in total. The fourth-order valence-electron chi connectivity index (χ4n) is 2.89. The van der Waals surface area contributed by atoms with Gasteiger partial charge in [0.25, 0.3) is 0 Å². The smallest absolute Gasteiger partial charge is 0.240 e. The SMILES string of the molecule is NS(=O)(=O)C1(CC(F)F)CC1c1n[nH]c2c(Br)ccc(Cl)c12. The molecule has 2 atom stereocenters. The van der Waals surface area contributed by atoms with Crippen LogP contribution in [0.5, 0.6) is 0 Å². The van der Waals surface area contributed by atoms with Gasteiger partial charge in [-0.1, -0.05) is 11.6 Å². The molecule has 0 aliphatic heterocycles. The minimum Gasteiger partial charge on any atom is -0.276 e. The number of rotatable bonds is 4. The van der Waals surface area contributed by atoms with Gasteiger partial charge < -0.3 is 0 Å². The number of aromatic amines is 1. The molecule has 0 radical (unpaired) electrons. The van der Waals surface area contributed by atoms with Gasteiger partial charge in [-0.15, -0.1) is 0 Å². The second kappa shape index (κ2) is 5.12. The summed E-state index contributed by atoms with van der Waals surface area (Å²) in [6, 6.07) is 3.34. The number of nitrogens with one attached hydrogen (secondary N) is 1. The van der Waals surface area contributed by atoms with Gasteiger partial charge in [-0.05, 0) is 34.5 Å². The van der Waals surface area contributed by atoms with Crippen LogP contribution in [0.1, 0.15) is 24.5 Å². The molecule has 1 aromatic carbocycles. The topological polar surface area (TPSA) is 88.8 Å². The number of nitrogens with zero attached hydrogens (tertiary/aromatic N) is 1. The maximum atomic E-state index is 12.8. The third-order valence-corrected chi connectivity index (χ3v) is 6.80. The zero-order valence-corrected chi connectivity index (χ0v) is 14.1. The van der Waals surface area contributed by atoms with Crippen LogP contribution in [0.2, 0.25) is 5.02 Å². The third kappa shape index (κ3) is 2.34. The molecule has 0 spiro atoms. The van der Waals surface area contributed by atoms with Crippen molar-refractivity contribution < 1.29 is 17.2 Å². The van der Waals surface area contributed by atoms with Gasteiger partial charge in [0.05, 0.1) is 16.2 Å². The van der Waals surface area contributed by atoms with Crippen molar-refractivity contribution in [3.63, 3.8) is 0 Å². The van der Waals surface area contributed by atoms with E-state index in [1.165, 1.54) is 0 Å². The van der Waals surface area contributed by atoms with Gasteiger partial charge in [0.1, 0.15) is 4.75 Å². The zero-order valence-electron chi connectivity index (χ0n) is 11.0. The standard InChI is InChI=1S/C12H11BrClF2N3O2S/c13-6-1-2-7(14)9-10(18-19-11(6)9)5-3-12(5,4-8(15)16)22(17,20)21/h1-2,5,8H,3-4H2,(H,18,19)(H2,17,20,21). The monoisotopic (exact) mass is 413 g/mol. The number of nitrogens with two attached hydrogens (primary N) is 1. The molecular weight excluding hydrogens is 404 g/mol. The molecule has 22 heavy (non-hydrogen) atoms. The Morgan fingerprint density at radius 1 is 1.55 bits per heavy atom. The van der Waals surface area contributed by atoms with Crippen LogP contribution in [0, 0.1) is 0 Å². The van der Waals surface area contributed by atoms with Crippen LogP contribution >= 0.6 is 27.5 Å². The summed E-state index contributed by atoms with van der Waals surface area (Å²) in [5, 5.41) is 12.9. The van der Waals surface area contributed by atoms with E-state index in [4.69, 9.17) is 16.7 Å². The van der Waals surface area contributed by atoms with Gasteiger partial charge in [0, 0.05) is 22.2 Å². The van der Waals surface area contributed by atoms with E-state index in [1.807, 2.05) is 0 Å². The molecule has 3 rings (SSSR count). The molecule has 1 heterocycles. The minimum atomic E-state index is -4.14. The zero-order chi connectivity index (χ0) is 16.3. The Morgan fingerprint density at radius 2 is 2.23 bits per heavy atom. The fourth-order valence-corrected chi connectivity index (χ4v) is 4.82. The molecule has 0 saturated heterocycles. The Morgan fingerprint density at radius 3 is 2.82 bits per heavy atom. The summed E-state index contributed by atoms with van der Waals surface area (Å²) in [5.41, 5.74) is 0.950. The highest BCUT2D eigenvalue weighted by Gasteiger charge is 2.65. The van der Waals surface area contributed by atoms with Crippen molar-refractivity contribution in [2.45, 2.75) is 29.9 Å². The first-order valence-electron chi connectivity index (χ1n) is 6.30. The van der Waals surface area contributed by atoms with Crippen LogP contribution in [0.3, 0.4) is 0 Å². The molecule has 1 aliphatic rings. The van der Waals surface area contributed by atoms with Gasteiger partial charge in [-0.2, -0.15) is 5.10 Å². The minimum absolute atomic E-state index is 0.0129. The number of fused-ring (bicyclic) bond motifs is 1. The highest BCUT2D eigenvalue weighted by Crippen LogP contribution is 2.60. The van der Waals surface area contributed by atoms with Gasteiger partial charge in [-0.25, -0.2) is 22.3 Å². The van der Waals surface area contributed by atoms with E-state index in [0.717, 1.165) is 0 Å². The first-order valence-corrected chi connectivity index (χ1v) is 9.01. The van der Waals surface area contributed by atoms with E-state index < -0.39 is 33.5 Å². The molecule has 0 bridgehead atoms. The lowest BCUT2D eigenvalue weighted by atomic mass is 10.1. The van der Waals surface area contributed by atoms with E-state index in [1.54, 1.807) is 12.1 Å². The van der Waals surface area contributed by atoms with Crippen LogP contribution in [0.4, 0.5) is 8.78 Å². The van der Waals surface area contributed by atoms with Gasteiger partial charge in [-0.3, -0.25) is 5.10 Å². The number of primary sulfonamides is 1. The maximum Gasteiger partial charge on any atom is 0.240 e. The molecule has 1 aliphatic carbocycles. The molecule has 5 nitrogen and oxygen atoms in total. The molecule has 1 aromatic heterocycles. The van der Waals surface area contributed by atoms with Gasteiger partial charge >= 0.3 is 0 Å². The van der Waals surface area contributed by atoms with Crippen molar-refractivity contribution in [1.29, 1.82) is 0 Å². The molecule has 0 amide bonds. The molecule has 2 unspecified atom stereocenters. The molecule has 1 saturated carbocycles. The summed E-state index contributed by atoms with van der Waals surface area (Å²) in [4.78, 5) is 0. The Hall–Kier alpha value is -0.770. The number of sulfonamides is 1. The summed E-state index contributed by atoms with van der Waals surface area (Å²) in [7, 11) is -4.14. The van der Waals surface area contributed by atoms with E-state index >= 15 is 0 Å². The molecule has 2 aromatic rings. The largest absolute Gasteiger partial charge is 0.276 e. The average molecular weight is 415 g/mol. The molecule has 120 valence electrons. The Bertz CT molecular complexity index is 857. The van der Waals surface area contributed by atoms with Crippen LogP contribution in [-0.4, -0.2) is 29.8 Å². The van der Waals surface area contributed by atoms with Gasteiger partial charge in [0.15, 0.2) is 0 Å². The fraction of sp³-hybridized carbons (Fsp3) is 0.417. The first kappa shape index (κ1) is 16.1. The Balaban J connectivity index is 2.12. The highest BCUT2D eigenvalue weighted by molar-refractivity contribution is 9.10. The van der Waals surface area contributed by atoms with Crippen molar-refractivity contribution in [2.75, 3.05) is 0 Å². The van der Waals surface area contributed by atoms with Crippen LogP contribution in [0.25, 0.3) is 10.9 Å². The quantitative estimate of drug-likeness (QED) is 0.805. The number of H-pyrrole nitrogens is 1. The highest BCUT2D eigenvalue weighted by atomic mass is 79.9. The predicted molar refractivity (Wildman–Crippen MR) is 82.6 cm³/mol. The van der Waals surface area contributed by atoms with Crippen molar-refractivity contribution in [2.24, 2.45) is 5.14 Å². The molecule has 10 heteroatoms. The van der Waals surface area contributed by atoms with Crippen LogP contribution < -0.4 is 5.14 Å². The summed E-state index contributed by atoms with van der Waals surface area (Å²) < 4.78 is 48.2. The normalized spacial score (nSPS) is 25.1. The second-order valence-electron chi connectivity index (χ2n) is 5.35. The summed E-state index contributed by atoms with van der Waals surface area (Å²) in [6.07, 6.45) is -3.56. The molecular formula is C12H11BrClF2N3O2S. The second-order valence-corrected chi connectivity index (χ2v) is 8.51. The van der Waals surface area contributed by atoms with Gasteiger partial charge in [0.2, 0.25) is 16.4 Å². The van der Waals surface area contributed by atoms with Crippen LogP contribution in [0.15, 0.2) is 16.6 Å². The van der Waals surface area contributed by atoms with E-state index in [2.05, 4.69) is 26.1 Å². The average Bonchev–Trinajstić information content (AvgIpc) is 2.94. The van der Waals surface area contributed by atoms with Crippen molar-refractivity contribution >= 4 is 48.5 Å². The van der Waals surface area contributed by atoms with E-state index in [-0.39, 0.29) is 6.42 Å². The van der Waals surface area contributed by atoms with E-state index in [9.17, 15) is 17.2 Å². The van der Waals surface area contributed by atoms with Crippen molar-refractivity contribution in [1.82, 2.24) is 10.2 Å². The Kier molecular flexibility index (Phi) is 3.75. The van der Waals surface area contributed by atoms with Crippen LogP contribution in [-0.2, 0) is 10.0 Å². The lowest BCUT2D eigenvalue weighted by Crippen LogP contribution is -2.34. The predicted octanol–water partition coefficient (Wildman–Crippen LogP) is 3.15. The number of aromatic nitrogens is 2. The molecule has 1 fully saturated rings. The number of hydrogen-bond acceptors (Lipinski definition) is 3. The maximum absolute atomic E-state index is 12.8. The Labute approximate surface area is 138 Å². The number of alkyl halides is 2. The number of halogens is 4. The lowest BCUT2D eigenvalue weighted by Gasteiger charge is -2.14. The summed E-state index contributed by atoms with van der Waals surface area (Å²) in [6.45, 7) is 0. The summed E-state index contributed by atoms with van der Waals surface area (Å²) >= 11 is 9.48.